The number of nitrogens with two attached hydrogens (primary N) is 2. The number of guanidine groups is 1. The molecule has 0 radical (unpaired) electrons. The first-order valence-corrected chi connectivity index (χ1v) is 18.6. The topological polar surface area (TPSA) is 140 Å². The SMILES string of the molecule is CC.CC.CC.CCN=C(N)N.CCNc1ncc2c(n1)-c1ccccc1C2.CN(C)/C=C1\Cc2ccccc2C1=O.O=C1CCc2ccccc21. The monoisotopic (exact) mass is 707 g/mol. The maximum atomic E-state index is 11.8. The van der Waals surface area contributed by atoms with E-state index in [1.807, 2.05) is 135 Å². The molecule has 0 fully saturated rings. The summed E-state index contributed by atoms with van der Waals surface area (Å²) in [5, 5.41) is 3.15. The summed E-state index contributed by atoms with van der Waals surface area (Å²) in [6.45, 7) is 17.4. The third kappa shape index (κ3) is 13.4. The fourth-order valence-electron chi connectivity index (χ4n) is 5.47. The summed E-state index contributed by atoms with van der Waals surface area (Å²) < 4.78 is 0. The number of ketones is 2. The van der Waals surface area contributed by atoms with Crippen LogP contribution in [0.3, 0.4) is 0 Å². The summed E-state index contributed by atoms with van der Waals surface area (Å²) in [6, 6.07) is 24.1. The molecule has 52 heavy (non-hydrogen) atoms. The van der Waals surface area contributed by atoms with E-state index in [1.165, 1.54) is 22.3 Å². The van der Waals surface area contributed by atoms with Crippen LogP contribution in [-0.2, 0) is 19.3 Å². The molecule has 5 N–H and O–H groups in total. The number of nitrogens with one attached hydrogen (secondary N) is 1. The Balaban J connectivity index is 0.000000345. The van der Waals surface area contributed by atoms with Crippen LogP contribution in [0, 0.1) is 0 Å². The van der Waals surface area contributed by atoms with E-state index in [2.05, 4.69) is 44.5 Å². The molecule has 0 saturated heterocycles. The molecule has 9 nitrogen and oxygen atoms in total. The van der Waals surface area contributed by atoms with Crippen LogP contribution in [0.5, 0.6) is 0 Å². The Hall–Kier alpha value is -5.31. The summed E-state index contributed by atoms with van der Waals surface area (Å²) in [5.74, 6) is 1.36. The maximum absolute atomic E-state index is 11.8. The van der Waals surface area contributed by atoms with Crippen LogP contribution < -0.4 is 16.8 Å². The van der Waals surface area contributed by atoms with Gasteiger partial charge < -0.3 is 21.7 Å². The fourth-order valence-corrected chi connectivity index (χ4v) is 5.47. The largest absolute Gasteiger partial charge is 0.383 e. The van der Waals surface area contributed by atoms with E-state index in [0.29, 0.717) is 18.7 Å². The summed E-state index contributed by atoms with van der Waals surface area (Å²) in [6.07, 6.45) is 7.21. The van der Waals surface area contributed by atoms with Crippen LogP contribution in [0.15, 0.2) is 95.8 Å². The minimum atomic E-state index is 0.164. The van der Waals surface area contributed by atoms with E-state index in [1.54, 1.807) is 0 Å². The van der Waals surface area contributed by atoms with Gasteiger partial charge in [-0.25, -0.2) is 9.97 Å². The Kier molecular flexibility index (Phi) is 21.3. The van der Waals surface area contributed by atoms with Crippen molar-refractivity contribution in [2.24, 2.45) is 16.5 Å². The molecule has 1 aromatic heterocycles. The molecule has 3 aliphatic rings. The number of hydrogen-bond acceptors (Lipinski definition) is 7. The molecule has 1 heterocycles. The van der Waals surface area contributed by atoms with Crippen molar-refractivity contribution in [3.8, 4) is 11.3 Å². The Bertz CT molecular complexity index is 1740. The molecule has 0 unspecified atom stereocenters. The van der Waals surface area contributed by atoms with Crippen molar-refractivity contribution in [2.75, 3.05) is 32.5 Å². The number of anilines is 1. The van der Waals surface area contributed by atoms with Gasteiger partial charge in [-0.15, -0.1) is 0 Å². The molecule has 0 saturated carbocycles. The predicted octanol–water partition coefficient (Wildman–Crippen LogP) is 8.52. The number of nitrogens with zero attached hydrogens (tertiary/aromatic N) is 4. The normalized spacial score (nSPS) is 12.5. The Morgan fingerprint density at radius 2 is 1.29 bits per heavy atom. The molecule has 0 bridgehead atoms. The van der Waals surface area contributed by atoms with Crippen molar-refractivity contribution in [3.05, 3.63) is 124 Å². The highest BCUT2D eigenvalue weighted by atomic mass is 16.1. The zero-order chi connectivity index (χ0) is 39.1. The molecule has 0 spiro atoms. The fraction of sp³-hybridized carbons (Fsp3) is 0.372. The second kappa shape index (κ2) is 24.8. The quantitative estimate of drug-likeness (QED) is 0.0960. The zero-order valence-electron chi connectivity index (χ0n) is 33.1. The molecule has 0 atom stereocenters. The number of fused-ring (bicyclic) bond motifs is 5. The van der Waals surface area contributed by atoms with Crippen LogP contribution in [0.25, 0.3) is 11.3 Å². The van der Waals surface area contributed by atoms with Gasteiger partial charge in [0.15, 0.2) is 17.5 Å². The second-order valence-corrected chi connectivity index (χ2v) is 11.2. The van der Waals surface area contributed by atoms with E-state index in [4.69, 9.17) is 11.5 Å². The molecule has 9 heteroatoms. The van der Waals surface area contributed by atoms with Gasteiger partial charge in [0.25, 0.3) is 0 Å². The minimum absolute atomic E-state index is 0.164. The van der Waals surface area contributed by atoms with Crippen molar-refractivity contribution in [1.82, 2.24) is 14.9 Å². The first kappa shape index (κ1) is 44.7. The maximum Gasteiger partial charge on any atom is 0.223 e. The lowest BCUT2D eigenvalue weighted by Gasteiger charge is -2.05. The van der Waals surface area contributed by atoms with Crippen LogP contribution in [0.4, 0.5) is 5.95 Å². The molecular weight excluding hydrogens is 647 g/mol. The number of aromatic nitrogens is 2. The van der Waals surface area contributed by atoms with Gasteiger partial charge >= 0.3 is 0 Å². The number of aryl methyl sites for hydroxylation is 1. The number of allylic oxidation sites excluding steroid dienone is 1. The number of carbonyl (C=O) groups is 2. The molecule has 4 aromatic rings. The van der Waals surface area contributed by atoms with Crippen molar-refractivity contribution < 1.29 is 9.59 Å². The molecule has 7 rings (SSSR count). The number of aliphatic imine (C=N–C) groups is 1. The molecule has 3 aromatic carbocycles. The van der Waals surface area contributed by atoms with E-state index >= 15 is 0 Å². The molecular formula is C43H61N7O2. The van der Waals surface area contributed by atoms with Crippen molar-refractivity contribution in [2.45, 2.75) is 81.1 Å². The van der Waals surface area contributed by atoms with E-state index in [9.17, 15) is 9.59 Å². The predicted molar refractivity (Wildman–Crippen MR) is 220 cm³/mol. The van der Waals surface area contributed by atoms with Gasteiger partial charge in [-0.1, -0.05) is 114 Å². The van der Waals surface area contributed by atoms with Gasteiger partial charge in [0, 0.05) is 86.7 Å². The number of benzene rings is 3. The average Bonchev–Trinajstić information content (AvgIpc) is 3.84. The molecule has 0 amide bonds. The number of rotatable bonds is 4. The second-order valence-electron chi connectivity index (χ2n) is 11.2. The lowest BCUT2D eigenvalue weighted by molar-refractivity contribution is 0.0993. The lowest BCUT2D eigenvalue weighted by atomic mass is 10.1. The van der Waals surface area contributed by atoms with Gasteiger partial charge in [0.2, 0.25) is 5.95 Å². The first-order chi connectivity index (χ1) is 25.2. The van der Waals surface area contributed by atoms with E-state index in [-0.39, 0.29) is 11.7 Å². The number of hydrogen-bond donors (Lipinski definition) is 3. The molecule has 0 aliphatic heterocycles. The van der Waals surface area contributed by atoms with Crippen LogP contribution >= 0.6 is 0 Å². The van der Waals surface area contributed by atoms with Crippen molar-refractivity contribution >= 4 is 23.5 Å². The molecule has 3 aliphatic carbocycles. The third-order valence-corrected chi connectivity index (χ3v) is 7.48. The average molecular weight is 708 g/mol. The van der Waals surface area contributed by atoms with Crippen molar-refractivity contribution in [3.63, 3.8) is 0 Å². The zero-order valence-corrected chi connectivity index (χ0v) is 33.1. The standard InChI is InChI=1S/C13H13N3.C12H13NO.C9H8O.C3H9N3.3C2H6/c1-2-14-13-15-8-10-7-9-5-3-4-6-11(9)12(10)16-13;1-13(2)8-10-7-9-5-3-4-6-11(9)12(10)14;10-9-6-5-7-3-1-2-4-8(7)9;1-2-6-3(4)5;3*1-2/h3-6,8H,2,7H2,1H3,(H,14,15,16);3-6,8H,7H2,1-2H3;1-4H,5-6H2;2H2,1H3,(H4,4,5,6);3*1-2H3/b;10-8+;;;;;. The summed E-state index contributed by atoms with van der Waals surface area (Å²) in [4.78, 5) is 37.3. The Labute approximate surface area is 312 Å². The van der Waals surface area contributed by atoms with Gasteiger partial charge in [0.1, 0.15) is 0 Å². The third-order valence-electron chi connectivity index (χ3n) is 7.48. The minimum Gasteiger partial charge on any atom is -0.383 e. The van der Waals surface area contributed by atoms with E-state index in [0.717, 1.165) is 59.7 Å². The summed E-state index contributed by atoms with van der Waals surface area (Å²) >= 11 is 0. The molecule has 280 valence electrons. The number of carbonyl (C=O) groups excluding carboxylic acids is 2. The van der Waals surface area contributed by atoms with Gasteiger partial charge in [0.05, 0.1) is 5.69 Å². The first-order valence-electron chi connectivity index (χ1n) is 18.6. The summed E-state index contributed by atoms with van der Waals surface area (Å²) in [7, 11) is 3.87. The van der Waals surface area contributed by atoms with Crippen molar-refractivity contribution in [1.29, 1.82) is 0 Å². The van der Waals surface area contributed by atoms with E-state index < -0.39 is 0 Å². The Morgan fingerprint density at radius 1 is 0.750 bits per heavy atom. The summed E-state index contributed by atoms with van der Waals surface area (Å²) in [5.41, 5.74) is 19.8. The van der Waals surface area contributed by atoms with Crippen LogP contribution in [0.2, 0.25) is 0 Å². The van der Waals surface area contributed by atoms with Crippen LogP contribution in [0.1, 0.15) is 105 Å². The van der Waals surface area contributed by atoms with Gasteiger partial charge in [-0.2, -0.15) is 0 Å². The highest BCUT2D eigenvalue weighted by molar-refractivity contribution is 6.13. The van der Waals surface area contributed by atoms with Crippen LogP contribution in [-0.4, -0.2) is 59.6 Å². The highest BCUT2D eigenvalue weighted by Crippen LogP contribution is 2.34. The smallest absolute Gasteiger partial charge is 0.223 e. The van der Waals surface area contributed by atoms with Gasteiger partial charge in [-0.3, -0.25) is 14.6 Å². The number of Topliss-reactive ketones (excluding diaryl/α,β-unsaturated/α-hetero) is 2. The highest BCUT2D eigenvalue weighted by Gasteiger charge is 2.24. The van der Waals surface area contributed by atoms with Gasteiger partial charge in [-0.05, 0) is 37.0 Å². The lowest BCUT2D eigenvalue weighted by Crippen LogP contribution is -2.22. The Morgan fingerprint density at radius 3 is 1.79 bits per heavy atom.